The van der Waals surface area contributed by atoms with Crippen LogP contribution in [0.5, 0.6) is 0 Å². The molecular weight excluding hydrogens is 1170 g/mol. The number of carboxylic acids is 4. The van der Waals surface area contributed by atoms with Gasteiger partial charge >= 0.3 is 23.9 Å². The van der Waals surface area contributed by atoms with Gasteiger partial charge in [0.25, 0.3) is 0 Å². The van der Waals surface area contributed by atoms with Crippen LogP contribution in [-0.4, -0.2) is 195 Å². The Morgan fingerprint density at radius 2 is 1.08 bits per heavy atom. The lowest BCUT2D eigenvalue weighted by atomic mass is 10.0. The van der Waals surface area contributed by atoms with E-state index in [1.807, 2.05) is 11.0 Å². The van der Waals surface area contributed by atoms with Crippen LogP contribution in [0.1, 0.15) is 76.1 Å². The first-order valence-electron chi connectivity index (χ1n) is 27.0. The molecule has 0 aliphatic heterocycles. The largest absolute Gasteiger partial charge is 0.481 e. The Morgan fingerprint density at radius 1 is 0.586 bits per heavy atom. The number of carboxylic acid groups (broad SMARTS) is 4. The molecule has 0 aliphatic carbocycles. The molecule has 20 N–H and O–H groups in total. The van der Waals surface area contributed by atoms with Gasteiger partial charge in [-0.15, -0.1) is 0 Å². The maximum Gasteiger partial charge on any atom is 0.326 e. The molecule has 0 saturated carbocycles. The number of nitrogens with one attached hydrogen (secondary N) is 10. The van der Waals surface area contributed by atoms with Crippen molar-refractivity contribution in [3.8, 4) is 0 Å². The molecule has 474 valence electrons. The number of aliphatic imine (C=N–C) groups is 1. The molecular formula is C52H73N17O17S. The minimum atomic E-state index is -4.17. The zero-order valence-corrected chi connectivity index (χ0v) is 48.4. The third-order valence-corrected chi connectivity index (χ3v) is 14.6. The van der Waals surface area contributed by atoms with E-state index < -0.39 is 156 Å². The van der Waals surface area contributed by atoms with Crippen LogP contribution < -0.4 is 64.0 Å². The molecule has 4 rings (SSSR count). The summed E-state index contributed by atoms with van der Waals surface area (Å²) >= 11 is 0. The summed E-state index contributed by atoms with van der Waals surface area (Å²) in [7, 11) is -0.569. The topological polar surface area (TPSA) is 550 Å². The summed E-state index contributed by atoms with van der Waals surface area (Å²) < 4.78 is 30.1. The molecule has 0 fully saturated rings. The summed E-state index contributed by atoms with van der Waals surface area (Å²) in [5.41, 5.74) is 17.9. The molecule has 0 aliphatic rings. The number of aliphatic carboxylic acids is 4. The molecule has 0 spiro atoms. The summed E-state index contributed by atoms with van der Waals surface area (Å²) in [5.74, 6) is -14.1. The molecule has 4 aromatic rings. The molecule has 2 aromatic carbocycles. The lowest BCUT2D eigenvalue weighted by Gasteiger charge is -2.27. The number of aromatic amines is 2. The Labute approximate surface area is 497 Å². The molecule has 34 nitrogen and oxygen atoms in total. The number of unbranched alkanes of at least 4 members (excludes halogenated alkanes) is 1. The van der Waals surface area contributed by atoms with Gasteiger partial charge in [0.15, 0.2) is 5.96 Å². The predicted octanol–water partition coefficient (Wildman–Crippen LogP) is -4.02. The van der Waals surface area contributed by atoms with Crippen LogP contribution in [-0.2, 0) is 75.6 Å². The van der Waals surface area contributed by atoms with Gasteiger partial charge in [-0.2, -0.15) is 0 Å². The van der Waals surface area contributed by atoms with Gasteiger partial charge in [-0.1, -0.05) is 24.3 Å². The van der Waals surface area contributed by atoms with Crippen LogP contribution in [0.25, 0.3) is 10.8 Å². The number of imidazole rings is 2. The molecule has 0 bridgehead atoms. The Kier molecular flexibility index (Phi) is 27.0. The van der Waals surface area contributed by atoms with Crippen molar-refractivity contribution in [2.45, 2.75) is 131 Å². The molecule has 7 amide bonds. The van der Waals surface area contributed by atoms with E-state index in [-0.39, 0.29) is 73.9 Å². The summed E-state index contributed by atoms with van der Waals surface area (Å²) in [4.78, 5) is 163. The zero-order chi connectivity index (χ0) is 64.5. The standard InChI is InChI=1S/C52H73N17O17S/c1-27(62-45(77)32(53)21-42(72)73)44(76)63-35(15-16-41(70)71)48(80)64-33(11-4-5-18-61-87(85,86)40-14-7-9-30-31(40)10-6-13-39(30)69(2)3)46(78)65-34(12-8-17-58-52(54)55)47(79)66-36(19-28-23-56-25-59-28)49(81)67-37(22-43(74)75)50(82)68-38(51(83)84)20-29-24-57-26-60-29/h6-7,9-10,13-14,23-27,32-38,61H,4-5,8,11-12,15-22,53H2,1-3H3,(H,56,59)(H,57,60)(H,62,77)(H,63,76)(H,64,80)(H,65,78)(H,66,79)(H,67,81)(H,68,82)(H,70,71)(H,72,73)(H,74,75)(H,83,84)(H4,54,55,58)/t27-,32-,33-,34-,35-,36-,37-,38-/m0/s1. The number of hydrogen-bond acceptors (Lipinski definition) is 18. The number of nitrogens with two attached hydrogens (primary N) is 3. The van der Waals surface area contributed by atoms with Crippen LogP contribution in [0.3, 0.4) is 0 Å². The number of rotatable bonds is 38. The number of nitrogens with zero attached hydrogens (tertiary/aromatic N) is 4. The zero-order valence-electron chi connectivity index (χ0n) is 47.6. The van der Waals surface area contributed by atoms with Crippen molar-refractivity contribution < 1.29 is 81.6 Å². The number of benzene rings is 2. The molecule has 0 radical (unpaired) electrons. The van der Waals surface area contributed by atoms with E-state index in [4.69, 9.17) is 22.3 Å². The van der Waals surface area contributed by atoms with Gasteiger partial charge in [-0.05, 0) is 57.6 Å². The maximum atomic E-state index is 14.6. The highest BCUT2D eigenvalue weighted by molar-refractivity contribution is 7.89. The Balaban J connectivity index is 1.67. The fraction of sp³-hybridized carbons (Fsp3) is 0.462. The molecule has 8 atom stereocenters. The second kappa shape index (κ2) is 33.6. The van der Waals surface area contributed by atoms with Gasteiger partial charge < -0.3 is 89.7 Å². The average molecular weight is 1240 g/mol. The highest BCUT2D eigenvalue weighted by atomic mass is 32.2. The van der Waals surface area contributed by atoms with Crippen LogP contribution >= 0.6 is 0 Å². The van der Waals surface area contributed by atoms with Crippen molar-refractivity contribution in [3.63, 3.8) is 0 Å². The highest BCUT2D eigenvalue weighted by Crippen LogP contribution is 2.30. The van der Waals surface area contributed by atoms with Crippen molar-refractivity contribution in [2.24, 2.45) is 22.2 Å². The third-order valence-electron chi connectivity index (χ3n) is 13.0. The number of amides is 7. The minimum Gasteiger partial charge on any atom is -0.481 e. The quantitative estimate of drug-likeness (QED) is 0.0115. The molecule has 0 unspecified atom stereocenters. The smallest absolute Gasteiger partial charge is 0.326 e. The van der Waals surface area contributed by atoms with E-state index in [1.165, 1.54) is 31.1 Å². The summed E-state index contributed by atoms with van der Waals surface area (Å²) in [5, 5.41) is 55.8. The molecule has 2 heterocycles. The van der Waals surface area contributed by atoms with Gasteiger partial charge in [-0.3, -0.25) is 52.9 Å². The van der Waals surface area contributed by atoms with Crippen LogP contribution in [0, 0.1) is 0 Å². The number of carbonyl (C=O) groups excluding carboxylic acids is 7. The Bertz CT molecular complexity index is 3210. The van der Waals surface area contributed by atoms with E-state index in [0.717, 1.165) is 12.6 Å². The van der Waals surface area contributed by atoms with Crippen LogP contribution in [0.15, 0.2) is 71.3 Å². The van der Waals surface area contributed by atoms with Crippen molar-refractivity contribution in [1.82, 2.24) is 61.9 Å². The molecule has 35 heteroatoms. The third kappa shape index (κ3) is 23.0. The fourth-order valence-electron chi connectivity index (χ4n) is 8.58. The van der Waals surface area contributed by atoms with E-state index in [9.17, 15) is 76.5 Å². The Hall–Kier alpha value is -9.77. The number of guanidine groups is 1. The van der Waals surface area contributed by atoms with Crippen molar-refractivity contribution in [2.75, 3.05) is 32.1 Å². The normalized spacial score (nSPS) is 14.0. The summed E-state index contributed by atoms with van der Waals surface area (Å²) in [6.45, 7) is 0.833. The van der Waals surface area contributed by atoms with Crippen molar-refractivity contribution in [3.05, 3.63) is 72.8 Å². The Morgan fingerprint density at radius 3 is 1.62 bits per heavy atom. The second-order valence-corrected chi connectivity index (χ2v) is 21.8. The van der Waals surface area contributed by atoms with E-state index in [1.54, 1.807) is 38.4 Å². The number of H-pyrrole nitrogens is 2. The van der Waals surface area contributed by atoms with Crippen molar-refractivity contribution >= 4 is 97.7 Å². The van der Waals surface area contributed by atoms with Gasteiger partial charge in [0.2, 0.25) is 51.4 Å². The van der Waals surface area contributed by atoms with Gasteiger partial charge in [-0.25, -0.2) is 27.9 Å². The lowest BCUT2D eigenvalue weighted by Crippen LogP contribution is -2.60. The number of sulfonamides is 1. The van der Waals surface area contributed by atoms with Gasteiger partial charge in [0.05, 0.1) is 36.4 Å². The van der Waals surface area contributed by atoms with Crippen LogP contribution in [0.2, 0.25) is 0 Å². The first-order valence-corrected chi connectivity index (χ1v) is 28.5. The number of carbonyl (C=O) groups is 11. The first-order chi connectivity index (χ1) is 41.1. The van der Waals surface area contributed by atoms with E-state index in [0.29, 0.717) is 10.8 Å². The van der Waals surface area contributed by atoms with Gasteiger partial charge in [0, 0.05) is 86.7 Å². The van der Waals surface area contributed by atoms with Gasteiger partial charge in [0.1, 0.15) is 42.3 Å². The fourth-order valence-corrected chi connectivity index (χ4v) is 9.87. The highest BCUT2D eigenvalue weighted by Gasteiger charge is 2.35. The summed E-state index contributed by atoms with van der Waals surface area (Å²) in [6.07, 6.45) is 0.455. The molecule has 0 saturated heterocycles. The second-order valence-electron chi connectivity index (χ2n) is 20.1. The number of anilines is 1. The monoisotopic (exact) mass is 1240 g/mol. The van der Waals surface area contributed by atoms with E-state index in [2.05, 4.69) is 66.9 Å². The maximum absolute atomic E-state index is 14.6. The van der Waals surface area contributed by atoms with E-state index >= 15 is 0 Å². The minimum absolute atomic E-state index is 0.0158. The first kappa shape index (κ1) is 69.7. The predicted molar refractivity (Wildman–Crippen MR) is 308 cm³/mol. The molecule has 87 heavy (non-hydrogen) atoms. The van der Waals surface area contributed by atoms with Crippen LogP contribution in [0.4, 0.5) is 5.69 Å². The number of aromatic nitrogens is 4. The summed E-state index contributed by atoms with van der Waals surface area (Å²) in [6, 6.07) is -3.45. The van der Waals surface area contributed by atoms with Crippen molar-refractivity contribution in [1.29, 1.82) is 0 Å². The average Bonchev–Trinajstić information content (AvgIpc) is 1.56. The number of fused-ring (bicyclic) bond motifs is 1. The lowest BCUT2D eigenvalue weighted by molar-refractivity contribution is -0.144. The SMILES string of the molecule is C[C@H](NC(=O)[C@@H](N)CC(=O)O)C(=O)N[C@@H](CCC(=O)O)C(=O)N[C@@H](CCCCNS(=O)(=O)c1cccc2c(N(C)C)cccc12)C(=O)N[C@@H](CCCN=C(N)N)C(=O)N[C@@H](Cc1cnc[nH]1)C(=O)N[C@@H](CC(=O)O)C(=O)N[C@@H](Cc1cnc[nH]1)C(=O)O. The molecule has 2 aromatic heterocycles. The number of hydrogen-bond donors (Lipinski definition) is 17.